The van der Waals surface area contributed by atoms with E-state index in [0.717, 1.165) is 38.2 Å². The van der Waals surface area contributed by atoms with Crippen LogP contribution in [0.1, 0.15) is 37.3 Å². The Balaban J connectivity index is 1.75. The summed E-state index contributed by atoms with van der Waals surface area (Å²) in [5.74, 6) is 0.404. The first-order valence-corrected chi connectivity index (χ1v) is 7.87. The lowest BCUT2D eigenvalue weighted by atomic mass is 10.0. The van der Waals surface area contributed by atoms with Crippen LogP contribution in [0.5, 0.6) is 0 Å². The topological polar surface area (TPSA) is 45.2 Å². The van der Waals surface area contributed by atoms with Crippen LogP contribution in [0.4, 0.5) is 0 Å². The molecule has 1 amide bonds. The van der Waals surface area contributed by atoms with Crippen molar-refractivity contribution in [3.63, 3.8) is 0 Å². The maximum atomic E-state index is 11.9. The molecule has 0 aliphatic carbocycles. The van der Waals surface area contributed by atoms with Crippen molar-refractivity contribution in [3.8, 4) is 0 Å². The average Bonchev–Trinajstić information content (AvgIpc) is 2.81. The number of likely N-dealkylation sites (tertiary alicyclic amines) is 1. The third-order valence-corrected chi connectivity index (χ3v) is 4.63. The predicted octanol–water partition coefficient (Wildman–Crippen LogP) is 2.19. The minimum absolute atomic E-state index is 0.115. The van der Waals surface area contributed by atoms with E-state index in [9.17, 15) is 4.79 Å². The van der Waals surface area contributed by atoms with Gasteiger partial charge in [-0.05, 0) is 19.8 Å². The number of thiazole rings is 1. The van der Waals surface area contributed by atoms with E-state index >= 15 is 0 Å². The third-order valence-electron chi connectivity index (χ3n) is 3.70. The van der Waals surface area contributed by atoms with Gasteiger partial charge < -0.3 is 10.2 Å². The molecule has 5 heteroatoms. The Morgan fingerprint density at radius 1 is 1.53 bits per heavy atom. The second-order valence-electron chi connectivity index (χ2n) is 5.50. The summed E-state index contributed by atoms with van der Waals surface area (Å²) >= 11 is 1.71. The molecule has 0 aromatic carbocycles. The number of nitrogens with one attached hydrogen (secondary N) is 1. The van der Waals surface area contributed by atoms with Crippen molar-refractivity contribution in [1.82, 2.24) is 15.2 Å². The normalized spacial score (nSPS) is 17.2. The van der Waals surface area contributed by atoms with Crippen molar-refractivity contribution in [1.29, 1.82) is 0 Å². The fourth-order valence-electron chi connectivity index (χ4n) is 2.40. The monoisotopic (exact) mass is 281 g/mol. The van der Waals surface area contributed by atoms with E-state index in [-0.39, 0.29) is 11.8 Å². The van der Waals surface area contributed by atoms with Gasteiger partial charge in [0.25, 0.3) is 0 Å². The molecular weight excluding hydrogens is 258 g/mol. The van der Waals surface area contributed by atoms with Crippen molar-refractivity contribution < 1.29 is 4.79 Å². The molecule has 2 rings (SSSR count). The Labute approximate surface area is 119 Å². The van der Waals surface area contributed by atoms with Gasteiger partial charge in [0.15, 0.2) is 0 Å². The Bertz CT molecular complexity index is 422. The summed E-state index contributed by atoms with van der Waals surface area (Å²) in [5, 5.41) is 3.59. The first-order chi connectivity index (χ1) is 9.08. The molecule has 1 N–H and O–H groups in total. The molecular formula is C14H23N3OS. The van der Waals surface area contributed by atoms with Gasteiger partial charge in [-0.15, -0.1) is 11.3 Å². The third kappa shape index (κ3) is 3.76. The maximum Gasteiger partial charge on any atom is 0.225 e. The van der Waals surface area contributed by atoms with E-state index in [4.69, 9.17) is 0 Å². The zero-order valence-electron chi connectivity index (χ0n) is 12.0. The molecule has 0 spiro atoms. The molecule has 1 aliphatic heterocycles. The number of piperidine rings is 1. The molecule has 0 saturated carbocycles. The van der Waals surface area contributed by atoms with Gasteiger partial charge in [0.05, 0.1) is 11.2 Å². The molecule has 1 aliphatic rings. The molecule has 1 aromatic heterocycles. The number of aromatic nitrogens is 1. The number of hydrogen-bond acceptors (Lipinski definition) is 4. The van der Waals surface area contributed by atoms with Gasteiger partial charge >= 0.3 is 0 Å². The zero-order valence-corrected chi connectivity index (χ0v) is 12.8. The quantitative estimate of drug-likeness (QED) is 0.920. The molecule has 0 unspecified atom stereocenters. The Morgan fingerprint density at radius 2 is 2.21 bits per heavy atom. The van der Waals surface area contributed by atoms with Crippen molar-refractivity contribution in [2.45, 2.75) is 46.2 Å². The number of carbonyl (C=O) groups is 1. The van der Waals surface area contributed by atoms with Gasteiger partial charge in [-0.1, -0.05) is 13.8 Å². The summed E-state index contributed by atoms with van der Waals surface area (Å²) in [7, 11) is 0. The van der Waals surface area contributed by atoms with E-state index in [2.05, 4.69) is 17.2 Å². The summed E-state index contributed by atoms with van der Waals surface area (Å²) in [6.07, 6.45) is 2.10. The molecule has 1 fully saturated rings. The standard InChI is InChI=1S/C14H23N3OS/c1-10(2)14(18)17-6-4-12(5-7-17)15-8-13-11(3)16-9-19-13/h9-10,12,15H,4-8H2,1-3H3. The highest BCUT2D eigenvalue weighted by molar-refractivity contribution is 7.09. The van der Waals surface area contributed by atoms with Crippen molar-refractivity contribution in [2.75, 3.05) is 13.1 Å². The van der Waals surface area contributed by atoms with Gasteiger partial charge in [0.2, 0.25) is 5.91 Å². The van der Waals surface area contributed by atoms with Crippen LogP contribution in [-0.2, 0) is 11.3 Å². The molecule has 19 heavy (non-hydrogen) atoms. The SMILES string of the molecule is Cc1ncsc1CNC1CCN(C(=O)C(C)C)CC1. The molecule has 106 valence electrons. The van der Waals surface area contributed by atoms with E-state index in [1.807, 2.05) is 24.3 Å². The van der Waals surface area contributed by atoms with Crippen LogP contribution in [-0.4, -0.2) is 34.9 Å². The fourth-order valence-corrected chi connectivity index (χ4v) is 3.13. The zero-order chi connectivity index (χ0) is 13.8. The highest BCUT2D eigenvalue weighted by Crippen LogP contribution is 2.16. The molecule has 0 bridgehead atoms. The van der Waals surface area contributed by atoms with Crippen LogP contribution >= 0.6 is 11.3 Å². The van der Waals surface area contributed by atoms with Gasteiger partial charge in [0, 0.05) is 36.5 Å². The lowest BCUT2D eigenvalue weighted by Gasteiger charge is -2.33. The van der Waals surface area contributed by atoms with E-state index in [0.29, 0.717) is 6.04 Å². The number of nitrogens with zero attached hydrogens (tertiary/aromatic N) is 2. The molecule has 0 atom stereocenters. The number of carbonyl (C=O) groups excluding carboxylic acids is 1. The Hall–Kier alpha value is -0.940. The first-order valence-electron chi connectivity index (χ1n) is 6.99. The van der Waals surface area contributed by atoms with E-state index < -0.39 is 0 Å². The molecule has 2 heterocycles. The largest absolute Gasteiger partial charge is 0.342 e. The van der Waals surface area contributed by atoms with Crippen molar-refractivity contribution in [2.24, 2.45) is 5.92 Å². The minimum Gasteiger partial charge on any atom is -0.342 e. The van der Waals surface area contributed by atoms with Crippen molar-refractivity contribution in [3.05, 3.63) is 16.1 Å². The van der Waals surface area contributed by atoms with E-state index in [1.165, 1.54) is 4.88 Å². The predicted molar refractivity (Wildman–Crippen MR) is 78.1 cm³/mol. The smallest absolute Gasteiger partial charge is 0.225 e. The lowest BCUT2D eigenvalue weighted by molar-refractivity contribution is -0.135. The van der Waals surface area contributed by atoms with E-state index in [1.54, 1.807) is 11.3 Å². The first kappa shape index (κ1) is 14.5. The van der Waals surface area contributed by atoms with Crippen LogP contribution in [0.25, 0.3) is 0 Å². The highest BCUT2D eigenvalue weighted by atomic mass is 32.1. The number of aryl methyl sites for hydroxylation is 1. The van der Waals surface area contributed by atoms with Gasteiger partial charge in [-0.2, -0.15) is 0 Å². The summed E-state index contributed by atoms with van der Waals surface area (Å²) in [6.45, 7) is 8.67. The summed E-state index contributed by atoms with van der Waals surface area (Å²) in [6, 6.07) is 0.526. The van der Waals surface area contributed by atoms with Crippen LogP contribution in [0, 0.1) is 12.8 Å². The fraction of sp³-hybridized carbons (Fsp3) is 0.714. The number of amides is 1. The Morgan fingerprint density at radius 3 is 2.74 bits per heavy atom. The summed E-state index contributed by atoms with van der Waals surface area (Å²) < 4.78 is 0. The summed E-state index contributed by atoms with van der Waals surface area (Å²) in [4.78, 5) is 19.5. The van der Waals surface area contributed by atoms with Gasteiger partial charge in [0.1, 0.15) is 0 Å². The maximum absolute atomic E-state index is 11.9. The van der Waals surface area contributed by atoms with Crippen LogP contribution in [0.2, 0.25) is 0 Å². The minimum atomic E-state index is 0.115. The van der Waals surface area contributed by atoms with Crippen molar-refractivity contribution >= 4 is 17.2 Å². The second-order valence-corrected chi connectivity index (χ2v) is 6.44. The molecule has 1 aromatic rings. The molecule has 1 saturated heterocycles. The summed E-state index contributed by atoms with van der Waals surface area (Å²) in [5.41, 5.74) is 3.03. The average molecular weight is 281 g/mol. The Kier molecular flexibility index (Phi) is 4.93. The molecule has 0 radical (unpaired) electrons. The van der Waals surface area contributed by atoms with Gasteiger partial charge in [-0.3, -0.25) is 4.79 Å². The highest BCUT2D eigenvalue weighted by Gasteiger charge is 2.23. The van der Waals surface area contributed by atoms with Crippen LogP contribution < -0.4 is 5.32 Å². The van der Waals surface area contributed by atoms with Gasteiger partial charge in [-0.25, -0.2) is 4.98 Å². The van der Waals surface area contributed by atoms with Crippen LogP contribution in [0.15, 0.2) is 5.51 Å². The lowest BCUT2D eigenvalue weighted by Crippen LogP contribution is -2.45. The van der Waals surface area contributed by atoms with Crippen LogP contribution in [0.3, 0.4) is 0 Å². The number of rotatable bonds is 4. The number of hydrogen-bond donors (Lipinski definition) is 1. The molecule has 4 nitrogen and oxygen atoms in total. The second kappa shape index (κ2) is 6.48.